The molecule has 0 saturated heterocycles. The lowest BCUT2D eigenvalue weighted by Gasteiger charge is -2.14. The van der Waals surface area contributed by atoms with Crippen LogP contribution in [0.15, 0.2) is 10.5 Å². The van der Waals surface area contributed by atoms with Crippen molar-refractivity contribution >= 4 is 50.1 Å². The fourth-order valence-corrected chi connectivity index (χ4v) is 2.64. The second-order valence-electron chi connectivity index (χ2n) is 4.34. The van der Waals surface area contributed by atoms with Crippen molar-refractivity contribution in [3.63, 3.8) is 0 Å². The van der Waals surface area contributed by atoms with E-state index in [0.29, 0.717) is 21.1 Å². The van der Waals surface area contributed by atoms with Gasteiger partial charge in [0.2, 0.25) is 0 Å². The van der Waals surface area contributed by atoms with E-state index in [-0.39, 0.29) is 22.8 Å². The number of pyridine rings is 1. The number of rotatable bonds is 3. The van der Waals surface area contributed by atoms with Crippen molar-refractivity contribution in [3.05, 3.63) is 32.6 Å². The van der Waals surface area contributed by atoms with Gasteiger partial charge in [0.05, 0.1) is 16.8 Å². The summed E-state index contributed by atoms with van der Waals surface area (Å²) in [6, 6.07) is 1.74. The first-order valence-electron chi connectivity index (χ1n) is 6.25. The highest BCUT2D eigenvalue weighted by Gasteiger charge is 2.23. The number of ether oxygens (including phenoxy) is 1. The predicted molar refractivity (Wildman–Crippen MR) is 84.7 cm³/mol. The van der Waals surface area contributed by atoms with Crippen LogP contribution in [-0.4, -0.2) is 24.6 Å². The number of benzene rings is 1. The molecule has 0 atom stereocenters. The average Bonchev–Trinajstić information content (AvgIpc) is 2.45. The van der Waals surface area contributed by atoms with Crippen LogP contribution in [0, 0.1) is 12.7 Å². The maximum absolute atomic E-state index is 14.3. The fourth-order valence-electron chi connectivity index (χ4n) is 2.08. The van der Waals surface area contributed by atoms with Crippen LogP contribution in [0.3, 0.4) is 0 Å². The van der Waals surface area contributed by atoms with E-state index in [1.54, 1.807) is 27.0 Å². The Morgan fingerprint density at radius 3 is 2.81 bits per heavy atom. The number of hydrogen-bond acceptors (Lipinski definition) is 4. The summed E-state index contributed by atoms with van der Waals surface area (Å²) in [5.74, 6) is -1.11. The zero-order valence-electron chi connectivity index (χ0n) is 11.7. The highest BCUT2D eigenvalue weighted by atomic mass is 79.9. The number of hydrogen-bond donors (Lipinski definition) is 1. The Kier molecular flexibility index (Phi) is 4.68. The van der Waals surface area contributed by atoms with Crippen molar-refractivity contribution in [3.8, 4) is 0 Å². The summed E-state index contributed by atoms with van der Waals surface area (Å²) in [5.41, 5.74) is 1.29. The van der Waals surface area contributed by atoms with E-state index in [2.05, 4.69) is 26.2 Å². The zero-order chi connectivity index (χ0) is 15.7. The van der Waals surface area contributed by atoms with Crippen molar-refractivity contribution in [2.24, 2.45) is 0 Å². The summed E-state index contributed by atoms with van der Waals surface area (Å²) in [6.45, 7) is 3.66. The third-order valence-electron chi connectivity index (χ3n) is 3.03. The molecule has 0 aliphatic carbocycles. The van der Waals surface area contributed by atoms with E-state index in [1.807, 2.05) is 0 Å². The lowest BCUT2D eigenvalue weighted by atomic mass is 10.1. The monoisotopic (exact) mass is 374 g/mol. The van der Waals surface area contributed by atoms with Crippen molar-refractivity contribution in [2.75, 3.05) is 19.0 Å². The van der Waals surface area contributed by atoms with Gasteiger partial charge in [-0.25, -0.2) is 14.2 Å². The van der Waals surface area contributed by atoms with Gasteiger partial charge in [-0.1, -0.05) is 11.6 Å². The van der Waals surface area contributed by atoms with Gasteiger partial charge in [-0.3, -0.25) is 0 Å². The first-order chi connectivity index (χ1) is 9.92. The second kappa shape index (κ2) is 6.15. The molecule has 7 heteroatoms. The van der Waals surface area contributed by atoms with Gasteiger partial charge < -0.3 is 10.1 Å². The molecular weight excluding hydrogens is 363 g/mol. The minimum atomic E-state index is -0.595. The third kappa shape index (κ3) is 2.70. The molecule has 1 aromatic heterocycles. The minimum Gasteiger partial charge on any atom is -0.462 e. The molecular formula is C14H13BrClFN2O2. The van der Waals surface area contributed by atoms with Gasteiger partial charge in [-0.2, -0.15) is 0 Å². The average molecular weight is 376 g/mol. The lowest BCUT2D eigenvalue weighted by Crippen LogP contribution is -2.11. The molecule has 1 aromatic carbocycles. The molecule has 0 saturated carbocycles. The van der Waals surface area contributed by atoms with Gasteiger partial charge in [-0.15, -0.1) is 0 Å². The van der Waals surface area contributed by atoms with Gasteiger partial charge in [-0.05, 0) is 41.4 Å². The van der Waals surface area contributed by atoms with Crippen LogP contribution in [0.2, 0.25) is 5.15 Å². The van der Waals surface area contributed by atoms with Crippen LogP contribution >= 0.6 is 27.5 Å². The van der Waals surface area contributed by atoms with Crippen LogP contribution < -0.4 is 5.32 Å². The van der Waals surface area contributed by atoms with Crippen molar-refractivity contribution < 1.29 is 13.9 Å². The molecule has 1 N–H and O–H groups in total. The molecule has 0 spiro atoms. The van der Waals surface area contributed by atoms with Gasteiger partial charge in [0, 0.05) is 12.4 Å². The van der Waals surface area contributed by atoms with Crippen LogP contribution in [0.1, 0.15) is 22.8 Å². The van der Waals surface area contributed by atoms with Crippen molar-refractivity contribution in [2.45, 2.75) is 13.8 Å². The summed E-state index contributed by atoms with van der Waals surface area (Å²) in [4.78, 5) is 16.0. The summed E-state index contributed by atoms with van der Waals surface area (Å²) in [5, 5.41) is 3.26. The molecule has 21 heavy (non-hydrogen) atoms. The lowest BCUT2D eigenvalue weighted by molar-refractivity contribution is 0.0527. The first kappa shape index (κ1) is 16.0. The number of halogens is 3. The molecule has 2 aromatic rings. The van der Waals surface area contributed by atoms with Crippen molar-refractivity contribution in [1.82, 2.24) is 4.98 Å². The molecule has 0 aliphatic heterocycles. The van der Waals surface area contributed by atoms with Crippen LogP contribution in [0.5, 0.6) is 0 Å². The van der Waals surface area contributed by atoms with E-state index in [4.69, 9.17) is 16.3 Å². The van der Waals surface area contributed by atoms with Crippen molar-refractivity contribution in [1.29, 1.82) is 0 Å². The number of fused-ring (bicyclic) bond motifs is 1. The normalized spacial score (nSPS) is 10.8. The number of aromatic nitrogens is 1. The molecule has 0 radical (unpaired) electrons. The Labute approximate surface area is 134 Å². The number of anilines is 1. The topological polar surface area (TPSA) is 51.2 Å². The summed E-state index contributed by atoms with van der Waals surface area (Å²) in [6.07, 6.45) is 0. The Morgan fingerprint density at radius 1 is 1.57 bits per heavy atom. The Balaban J connectivity index is 2.87. The van der Waals surface area contributed by atoms with Gasteiger partial charge >= 0.3 is 5.97 Å². The fraction of sp³-hybridized carbons (Fsp3) is 0.286. The maximum atomic E-state index is 14.3. The summed E-state index contributed by atoms with van der Waals surface area (Å²) < 4.78 is 19.6. The van der Waals surface area contributed by atoms with E-state index in [0.717, 1.165) is 0 Å². The Hall–Kier alpha value is -1.40. The molecule has 4 nitrogen and oxygen atoms in total. The van der Waals surface area contributed by atoms with Gasteiger partial charge in [0.25, 0.3) is 0 Å². The molecule has 1 heterocycles. The SMILES string of the molecule is CCOC(=O)c1c(Cl)nc2c(F)c(Br)c(C)cc2c1NC. The highest BCUT2D eigenvalue weighted by molar-refractivity contribution is 9.10. The number of nitrogens with one attached hydrogen (secondary N) is 1. The molecule has 0 amide bonds. The van der Waals surface area contributed by atoms with Gasteiger partial charge in [0.1, 0.15) is 16.2 Å². The number of esters is 1. The molecule has 0 unspecified atom stereocenters. The molecule has 0 aliphatic rings. The highest BCUT2D eigenvalue weighted by Crippen LogP contribution is 2.36. The summed E-state index contributed by atoms with van der Waals surface area (Å²) >= 11 is 9.22. The predicted octanol–water partition coefficient (Wildman–Crippen LogP) is 4.32. The van der Waals surface area contributed by atoms with Crippen LogP contribution in [0.25, 0.3) is 10.9 Å². The number of carbonyl (C=O) groups excluding carboxylic acids is 1. The zero-order valence-corrected chi connectivity index (χ0v) is 14.0. The largest absolute Gasteiger partial charge is 0.462 e. The molecule has 2 rings (SSSR count). The maximum Gasteiger partial charge on any atom is 0.343 e. The second-order valence-corrected chi connectivity index (χ2v) is 5.49. The molecule has 0 bridgehead atoms. The Morgan fingerprint density at radius 2 is 2.24 bits per heavy atom. The standard InChI is InChI=1S/C14H13BrClFN2O2/c1-4-21-14(20)8-11(18-3)7-5-6(2)9(15)10(17)12(7)19-13(8)16/h5H,4H2,1-3H3,(H,18,19). The van der Waals surface area contributed by atoms with E-state index < -0.39 is 11.8 Å². The van der Waals surface area contributed by atoms with Crippen LogP contribution in [0.4, 0.5) is 10.1 Å². The van der Waals surface area contributed by atoms with E-state index >= 15 is 0 Å². The minimum absolute atomic E-state index is 0.0925. The Bertz CT molecular complexity index is 737. The molecule has 0 fully saturated rings. The first-order valence-corrected chi connectivity index (χ1v) is 7.42. The third-order valence-corrected chi connectivity index (χ3v) is 4.27. The van der Waals surface area contributed by atoms with E-state index in [9.17, 15) is 9.18 Å². The number of carbonyl (C=O) groups is 1. The van der Waals surface area contributed by atoms with E-state index in [1.165, 1.54) is 0 Å². The molecule has 112 valence electrons. The number of aryl methyl sites for hydroxylation is 1. The smallest absolute Gasteiger partial charge is 0.343 e. The number of nitrogens with zero attached hydrogens (tertiary/aromatic N) is 1. The quantitative estimate of drug-likeness (QED) is 0.641. The summed E-state index contributed by atoms with van der Waals surface area (Å²) in [7, 11) is 1.63. The van der Waals surface area contributed by atoms with Gasteiger partial charge in [0.15, 0.2) is 5.82 Å². The van der Waals surface area contributed by atoms with Crippen LogP contribution in [-0.2, 0) is 4.74 Å².